The highest BCUT2D eigenvalue weighted by molar-refractivity contribution is 6.31. The van der Waals surface area contributed by atoms with E-state index < -0.39 is 0 Å². The molecule has 0 aliphatic carbocycles. The smallest absolute Gasteiger partial charge is 0.277 e. The molecule has 1 saturated heterocycles. The third-order valence-corrected chi connectivity index (χ3v) is 4.31. The maximum Gasteiger partial charge on any atom is 0.277 e. The van der Waals surface area contributed by atoms with Gasteiger partial charge in [-0.05, 0) is 50.6 Å². The molecule has 1 aromatic heterocycles. The number of aromatic nitrogens is 3. The minimum atomic E-state index is -0.330. The van der Waals surface area contributed by atoms with Crippen LogP contribution in [0, 0.1) is 0 Å². The Kier molecular flexibility index (Phi) is 7.68. The van der Waals surface area contributed by atoms with Gasteiger partial charge in [0.05, 0.1) is 24.5 Å². The molecule has 1 amide bonds. The van der Waals surface area contributed by atoms with E-state index in [1.807, 2.05) is 6.92 Å². The van der Waals surface area contributed by atoms with E-state index in [-0.39, 0.29) is 30.0 Å². The van der Waals surface area contributed by atoms with E-state index in [1.54, 1.807) is 29.1 Å². The molecule has 0 bridgehead atoms. The SMILES string of the molecule is CCCOc1ccc(Cl)cc1NC(=O)c1cn(C2CCNCC2)nn1.Cl. The van der Waals surface area contributed by atoms with Crippen LogP contribution in [0.1, 0.15) is 42.7 Å². The quantitative estimate of drug-likeness (QED) is 0.778. The molecule has 0 saturated carbocycles. The number of carbonyl (C=O) groups excluding carboxylic acids is 1. The first-order valence-electron chi connectivity index (χ1n) is 8.53. The molecule has 1 fully saturated rings. The zero-order valence-corrected chi connectivity index (χ0v) is 16.1. The predicted molar refractivity (Wildman–Crippen MR) is 104 cm³/mol. The van der Waals surface area contributed by atoms with Gasteiger partial charge in [-0.15, -0.1) is 17.5 Å². The Morgan fingerprint density at radius 1 is 1.42 bits per heavy atom. The number of piperidine rings is 1. The number of benzene rings is 1. The zero-order chi connectivity index (χ0) is 17.6. The van der Waals surface area contributed by atoms with Gasteiger partial charge in [0.2, 0.25) is 0 Å². The van der Waals surface area contributed by atoms with E-state index in [1.165, 1.54) is 0 Å². The molecular weight excluding hydrogens is 377 g/mol. The van der Waals surface area contributed by atoms with Crippen molar-refractivity contribution < 1.29 is 9.53 Å². The lowest BCUT2D eigenvalue weighted by atomic mass is 10.1. The van der Waals surface area contributed by atoms with Gasteiger partial charge in [0.25, 0.3) is 5.91 Å². The van der Waals surface area contributed by atoms with Gasteiger partial charge in [0.1, 0.15) is 5.75 Å². The summed E-state index contributed by atoms with van der Waals surface area (Å²) in [6.45, 7) is 4.49. The van der Waals surface area contributed by atoms with Crippen LogP contribution >= 0.6 is 24.0 Å². The third-order valence-electron chi connectivity index (χ3n) is 4.08. The zero-order valence-electron chi connectivity index (χ0n) is 14.6. The molecule has 26 heavy (non-hydrogen) atoms. The number of halogens is 2. The molecule has 2 aromatic rings. The summed E-state index contributed by atoms with van der Waals surface area (Å²) in [5, 5.41) is 14.8. The maximum atomic E-state index is 12.5. The van der Waals surface area contributed by atoms with Gasteiger partial charge in [0.15, 0.2) is 5.69 Å². The topological polar surface area (TPSA) is 81.1 Å². The van der Waals surface area contributed by atoms with Crippen LogP contribution in [0.4, 0.5) is 5.69 Å². The Hall–Kier alpha value is -1.83. The Labute approximate surface area is 163 Å². The van der Waals surface area contributed by atoms with Crippen molar-refractivity contribution in [2.24, 2.45) is 0 Å². The van der Waals surface area contributed by atoms with Gasteiger partial charge >= 0.3 is 0 Å². The van der Waals surface area contributed by atoms with E-state index in [0.717, 1.165) is 32.4 Å². The Morgan fingerprint density at radius 3 is 2.92 bits per heavy atom. The van der Waals surface area contributed by atoms with Crippen LogP contribution in [0.15, 0.2) is 24.4 Å². The van der Waals surface area contributed by atoms with Crippen LogP contribution in [0.25, 0.3) is 0 Å². The summed E-state index contributed by atoms with van der Waals surface area (Å²) < 4.78 is 7.44. The van der Waals surface area contributed by atoms with Gasteiger partial charge in [-0.2, -0.15) is 0 Å². The second-order valence-electron chi connectivity index (χ2n) is 6.01. The highest BCUT2D eigenvalue weighted by Gasteiger charge is 2.19. The molecule has 3 rings (SSSR count). The van der Waals surface area contributed by atoms with Crippen molar-refractivity contribution >= 4 is 35.6 Å². The second kappa shape index (κ2) is 9.75. The molecule has 142 valence electrons. The van der Waals surface area contributed by atoms with E-state index in [2.05, 4.69) is 20.9 Å². The molecular formula is C17H23Cl2N5O2. The summed E-state index contributed by atoms with van der Waals surface area (Å²) in [7, 11) is 0. The van der Waals surface area contributed by atoms with Gasteiger partial charge in [-0.25, -0.2) is 4.68 Å². The van der Waals surface area contributed by atoms with E-state index >= 15 is 0 Å². The van der Waals surface area contributed by atoms with Crippen LogP contribution < -0.4 is 15.4 Å². The molecule has 0 spiro atoms. The van der Waals surface area contributed by atoms with E-state index in [4.69, 9.17) is 16.3 Å². The van der Waals surface area contributed by atoms with Gasteiger partial charge < -0.3 is 15.4 Å². The maximum absolute atomic E-state index is 12.5. The van der Waals surface area contributed by atoms with Crippen molar-refractivity contribution in [2.75, 3.05) is 25.0 Å². The number of nitrogens with one attached hydrogen (secondary N) is 2. The van der Waals surface area contributed by atoms with Crippen LogP contribution in [-0.4, -0.2) is 40.6 Å². The molecule has 1 aliphatic heterocycles. The number of rotatable bonds is 6. The summed E-state index contributed by atoms with van der Waals surface area (Å²) in [6, 6.07) is 5.43. The van der Waals surface area contributed by atoms with Crippen molar-refractivity contribution in [2.45, 2.75) is 32.2 Å². The fourth-order valence-electron chi connectivity index (χ4n) is 2.75. The number of amides is 1. The predicted octanol–water partition coefficient (Wildman–Crippen LogP) is 3.32. The largest absolute Gasteiger partial charge is 0.491 e. The third kappa shape index (κ3) is 5.09. The van der Waals surface area contributed by atoms with Crippen LogP contribution in [0.3, 0.4) is 0 Å². The number of hydrogen-bond donors (Lipinski definition) is 2. The summed E-state index contributed by atoms with van der Waals surface area (Å²) in [6.07, 6.45) is 4.53. The number of anilines is 1. The van der Waals surface area contributed by atoms with Crippen molar-refractivity contribution in [3.63, 3.8) is 0 Å². The number of hydrogen-bond acceptors (Lipinski definition) is 5. The number of ether oxygens (including phenoxy) is 1. The first kappa shape index (κ1) is 20.5. The van der Waals surface area contributed by atoms with Crippen molar-refractivity contribution in [3.05, 3.63) is 35.1 Å². The highest BCUT2D eigenvalue weighted by Crippen LogP contribution is 2.28. The monoisotopic (exact) mass is 399 g/mol. The van der Waals surface area contributed by atoms with Gasteiger partial charge in [0, 0.05) is 5.02 Å². The number of nitrogens with zero attached hydrogens (tertiary/aromatic N) is 3. The molecule has 1 aromatic carbocycles. The van der Waals surface area contributed by atoms with Crippen molar-refractivity contribution in [1.29, 1.82) is 0 Å². The Bertz CT molecular complexity index is 732. The second-order valence-corrected chi connectivity index (χ2v) is 6.44. The fraction of sp³-hybridized carbons (Fsp3) is 0.471. The molecule has 2 N–H and O–H groups in total. The summed E-state index contributed by atoms with van der Waals surface area (Å²) in [5.74, 6) is 0.258. The minimum absolute atomic E-state index is 0. The first-order chi connectivity index (χ1) is 12.2. The molecule has 0 atom stereocenters. The summed E-state index contributed by atoms with van der Waals surface area (Å²) in [4.78, 5) is 12.5. The normalized spacial score (nSPS) is 14.5. The molecule has 0 unspecified atom stereocenters. The Balaban J connectivity index is 0.00000243. The standard InChI is InChI=1S/C17H22ClN5O2.ClH/c1-2-9-25-16-4-3-12(18)10-14(16)20-17(24)15-11-23(22-21-15)13-5-7-19-8-6-13;/h3-4,10-11,13,19H,2,5-9H2,1H3,(H,20,24);1H. The summed E-state index contributed by atoms with van der Waals surface area (Å²) in [5.41, 5.74) is 0.808. The minimum Gasteiger partial charge on any atom is -0.491 e. The number of carbonyl (C=O) groups is 1. The molecule has 2 heterocycles. The van der Waals surface area contributed by atoms with Crippen LogP contribution in [0.2, 0.25) is 5.02 Å². The van der Waals surface area contributed by atoms with Crippen LogP contribution in [0.5, 0.6) is 5.75 Å². The molecule has 9 heteroatoms. The lowest BCUT2D eigenvalue weighted by Gasteiger charge is -2.22. The Morgan fingerprint density at radius 2 is 2.19 bits per heavy atom. The first-order valence-corrected chi connectivity index (χ1v) is 8.91. The highest BCUT2D eigenvalue weighted by atomic mass is 35.5. The van der Waals surface area contributed by atoms with Crippen molar-refractivity contribution in [3.8, 4) is 5.75 Å². The van der Waals surface area contributed by atoms with E-state index in [0.29, 0.717) is 23.1 Å². The van der Waals surface area contributed by atoms with Gasteiger partial charge in [-0.1, -0.05) is 23.7 Å². The molecule has 0 radical (unpaired) electrons. The average Bonchev–Trinajstić information content (AvgIpc) is 3.12. The van der Waals surface area contributed by atoms with Crippen LogP contribution in [-0.2, 0) is 0 Å². The average molecular weight is 400 g/mol. The fourth-order valence-corrected chi connectivity index (χ4v) is 2.93. The lowest BCUT2D eigenvalue weighted by molar-refractivity contribution is 0.102. The lowest BCUT2D eigenvalue weighted by Crippen LogP contribution is -2.29. The van der Waals surface area contributed by atoms with Gasteiger partial charge in [-0.3, -0.25) is 4.79 Å². The molecule has 7 nitrogen and oxygen atoms in total. The van der Waals surface area contributed by atoms with E-state index in [9.17, 15) is 4.79 Å². The van der Waals surface area contributed by atoms with Crippen molar-refractivity contribution in [1.82, 2.24) is 20.3 Å². The summed E-state index contributed by atoms with van der Waals surface area (Å²) >= 11 is 6.04. The molecule has 1 aliphatic rings.